The maximum atomic E-state index is 10.7. The Morgan fingerprint density at radius 1 is 1.43 bits per heavy atom. The summed E-state index contributed by atoms with van der Waals surface area (Å²) in [6.07, 6.45) is 2.22. The third kappa shape index (κ3) is 1.87. The molecule has 2 bridgehead atoms. The Morgan fingerprint density at radius 2 is 1.93 bits per heavy atom. The molecule has 5 nitrogen and oxygen atoms in total. The van der Waals surface area contributed by atoms with Crippen molar-refractivity contribution in [3.63, 3.8) is 0 Å². The van der Waals surface area contributed by atoms with Gasteiger partial charge in [0.2, 0.25) is 0 Å². The van der Waals surface area contributed by atoms with Gasteiger partial charge in [-0.3, -0.25) is 9.59 Å². The molecule has 0 spiro atoms. The molecule has 0 aromatic heterocycles. The predicted octanol–water partition coefficient (Wildman–Crippen LogP) is 0.585. The summed E-state index contributed by atoms with van der Waals surface area (Å²) in [6.45, 7) is 1.72. The Bertz CT molecular complexity index is 225. The fourth-order valence-corrected chi connectivity index (χ4v) is 2.29. The SMILES string of the molecule is CC1C2CCC(O2)C1C(=O)O.O=CO. The number of hydrogen-bond donors (Lipinski definition) is 2. The van der Waals surface area contributed by atoms with E-state index in [0.717, 1.165) is 12.8 Å². The van der Waals surface area contributed by atoms with Crippen LogP contribution in [-0.2, 0) is 14.3 Å². The topological polar surface area (TPSA) is 83.8 Å². The molecule has 4 unspecified atom stereocenters. The lowest BCUT2D eigenvalue weighted by atomic mass is 9.81. The van der Waals surface area contributed by atoms with Crippen molar-refractivity contribution < 1.29 is 24.5 Å². The van der Waals surface area contributed by atoms with Crippen molar-refractivity contribution in [2.45, 2.75) is 32.0 Å². The van der Waals surface area contributed by atoms with Crippen LogP contribution in [0.15, 0.2) is 0 Å². The summed E-state index contributed by atoms with van der Waals surface area (Å²) in [4.78, 5) is 19.1. The van der Waals surface area contributed by atoms with E-state index in [-0.39, 0.29) is 30.5 Å². The summed E-state index contributed by atoms with van der Waals surface area (Å²) in [5, 5.41) is 15.7. The number of fused-ring (bicyclic) bond motifs is 2. The fraction of sp³-hybridized carbons (Fsp3) is 0.778. The molecule has 14 heavy (non-hydrogen) atoms. The number of carbonyl (C=O) groups is 2. The van der Waals surface area contributed by atoms with Crippen LogP contribution in [0.4, 0.5) is 0 Å². The van der Waals surface area contributed by atoms with Gasteiger partial charge < -0.3 is 14.9 Å². The second-order valence-electron chi connectivity index (χ2n) is 3.62. The molecule has 2 fully saturated rings. The van der Waals surface area contributed by atoms with Crippen LogP contribution < -0.4 is 0 Å². The number of carboxylic acid groups (broad SMARTS) is 2. The zero-order valence-corrected chi connectivity index (χ0v) is 7.92. The highest BCUT2D eigenvalue weighted by atomic mass is 16.5. The summed E-state index contributed by atoms with van der Waals surface area (Å²) in [6, 6.07) is 0. The van der Waals surface area contributed by atoms with E-state index < -0.39 is 5.97 Å². The van der Waals surface area contributed by atoms with Gasteiger partial charge in [0.1, 0.15) is 0 Å². The fourth-order valence-electron chi connectivity index (χ4n) is 2.29. The molecule has 2 saturated heterocycles. The number of aliphatic carboxylic acids is 1. The molecular formula is C9H14O5. The molecule has 4 atom stereocenters. The smallest absolute Gasteiger partial charge is 0.309 e. The normalized spacial score (nSPS) is 38.6. The molecule has 0 saturated carbocycles. The molecule has 2 heterocycles. The second kappa shape index (κ2) is 4.41. The molecule has 0 radical (unpaired) electrons. The minimum absolute atomic E-state index is 0.00694. The lowest BCUT2D eigenvalue weighted by Crippen LogP contribution is -2.31. The first-order valence-corrected chi connectivity index (χ1v) is 4.58. The molecule has 0 aromatic carbocycles. The Balaban J connectivity index is 0.000000293. The number of rotatable bonds is 1. The summed E-state index contributed by atoms with van der Waals surface area (Å²) < 4.78 is 5.48. The quantitative estimate of drug-likeness (QED) is 0.608. The molecule has 80 valence electrons. The first kappa shape index (κ1) is 11.0. The molecule has 0 aromatic rings. The van der Waals surface area contributed by atoms with E-state index in [2.05, 4.69) is 0 Å². The van der Waals surface area contributed by atoms with Crippen LogP contribution in [0.25, 0.3) is 0 Å². The van der Waals surface area contributed by atoms with Gasteiger partial charge in [-0.1, -0.05) is 6.92 Å². The molecule has 2 N–H and O–H groups in total. The van der Waals surface area contributed by atoms with Crippen LogP contribution in [-0.4, -0.2) is 34.9 Å². The van der Waals surface area contributed by atoms with E-state index in [1.807, 2.05) is 6.92 Å². The van der Waals surface area contributed by atoms with Crippen molar-refractivity contribution in [2.24, 2.45) is 11.8 Å². The molecule has 2 aliphatic rings. The van der Waals surface area contributed by atoms with E-state index in [1.165, 1.54) is 0 Å². The van der Waals surface area contributed by atoms with Gasteiger partial charge in [0.25, 0.3) is 6.47 Å². The van der Waals surface area contributed by atoms with Gasteiger partial charge in [-0.2, -0.15) is 0 Å². The van der Waals surface area contributed by atoms with Crippen LogP contribution >= 0.6 is 0 Å². The predicted molar refractivity (Wildman–Crippen MR) is 46.9 cm³/mol. The highest BCUT2D eigenvalue weighted by Crippen LogP contribution is 2.42. The Labute approximate surface area is 81.7 Å². The van der Waals surface area contributed by atoms with E-state index in [9.17, 15) is 4.79 Å². The molecule has 2 aliphatic heterocycles. The van der Waals surface area contributed by atoms with E-state index in [1.54, 1.807) is 0 Å². The van der Waals surface area contributed by atoms with E-state index in [4.69, 9.17) is 19.7 Å². The Hall–Kier alpha value is -1.10. The van der Waals surface area contributed by atoms with Crippen molar-refractivity contribution in [1.29, 1.82) is 0 Å². The van der Waals surface area contributed by atoms with Gasteiger partial charge in [-0.15, -0.1) is 0 Å². The zero-order valence-electron chi connectivity index (χ0n) is 7.92. The number of ether oxygens (including phenoxy) is 1. The third-order valence-electron chi connectivity index (χ3n) is 2.92. The lowest BCUT2D eigenvalue weighted by molar-refractivity contribution is -0.144. The van der Waals surface area contributed by atoms with Gasteiger partial charge in [-0.25, -0.2) is 0 Å². The zero-order chi connectivity index (χ0) is 10.7. The summed E-state index contributed by atoms with van der Waals surface area (Å²) in [7, 11) is 0. The lowest BCUT2D eigenvalue weighted by Gasteiger charge is -2.20. The maximum Gasteiger partial charge on any atom is 0.309 e. The van der Waals surface area contributed by atoms with Crippen molar-refractivity contribution in [1.82, 2.24) is 0 Å². The highest BCUT2D eigenvalue weighted by molar-refractivity contribution is 5.71. The van der Waals surface area contributed by atoms with Gasteiger partial charge in [0, 0.05) is 0 Å². The molecule has 5 heteroatoms. The van der Waals surface area contributed by atoms with Crippen LogP contribution in [0.3, 0.4) is 0 Å². The van der Waals surface area contributed by atoms with Gasteiger partial charge in [0.15, 0.2) is 0 Å². The molecule has 0 amide bonds. The Morgan fingerprint density at radius 3 is 2.21 bits per heavy atom. The summed E-state index contributed by atoms with van der Waals surface area (Å²) in [5.74, 6) is -0.718. The van der Waals surface area contributed by atoms with Crippen molar-refractivity contribution in [2.75, 3.05) is 0 Å². The average Bonchev–Trinajstić information content (AvgIpc) is 2.64. The largest absolute Gasteiger partial charge is 0.483 e. The first-order chi connectivity index (χ1) is 6.61. The minimum Gasteiger partial charge on any atom is -0.483 e. The standard InChI is InChI=1S/C8H12O3.CH2O2/c1-4-5-2-3-6(11-5)7(4)8(9)10;2-1-3/h4-7H,2-3H2,1H3,(H,9,10);1H,(H,2,3). The van der Waals surface area contributed by atoms with Gasteiger partial charge in [-0.05, 0) is 18.8 Å². The average molecular weight is 202 g/mol. The highest BCUT2D eigenvalue weighted by Gasteiger charge is 2.50. The maximum absolute atomic E-state index is 10.7. The van der Waals surface area contributed by atoms with Crippen LogP contribution in [0.1, 0.15) is 19.8 Å². The van der Waals surface area contributed by atoms with E-state index >= 15 is 0 Å². The monoisotopic (exact) mass is 202 g/mol. The minimum atomic E-state index is -0.690. The third-order valence-corrected chi connectivity index (χ3v) is 2.92. The Kier molecular flexibility index (Phi) is 3.46. The first-order valence-electron chi connectivity index (χ1n) is 4.58. The van der Waals surface area contributed by atoms with Crippen molar-refractivity contribution >= 4 is 12.4 Å². The summed E-state index contributed by atoms with van der Waals surface area (Å²) >= 11 is 0. The number of carboxylic acids is 1. The van der Waals surface area contributed by atoms with Crippen LogP contribution in [0.5, 0.6) is 0 Å². The van der Waals surface area contributed by atoms with Gasteiger partial charge in [0.05, 0.1) is 18.1 Å². The van der Waals surface area contributed by atoms with Crippen LogP contribution in [0, 0.1) is 11.8 Å². The van der Waals surface area contributed by atoms with Crippen LogP contribution in [0.2, 0.25) is 0 Å². The molecule has 2 rings (SSSR count). The number of hydrogen-bond acceptors (Lipinski definition) is 3. The molecule has 0 aliphatic carbocycles. The van der Waals surface area contributed by atoms with E-state index in [0.29, 0.717) is 0 Å². The van der Waals surface area contributed by atoms with Gasteiger partial charge >= 0.3 is 5.97 Å². The van der Waals surface area contributed by atoms with Crippen molar-refractivity contribution in [3.05, 3.63) is 0 Å². The summed E-state index contributed by atoms with van der Waals surface area (Å²) in [5.41, 5.74) is 0. The second-order valence-corrected chi connectivity index (χ2v) is 3.62. The van der Waals surface area contributed by atoms with Crippen molar-refractivity contribution in [3.8, 4) is 0 Å². The molecular weight excluding hydrogens is 188 g/mol.